The van der Waals surface area contributed by atoms with Gasteiger partial charge in [0.15, 0.2) is 0 Å². The molecule has 242 valence electrons. The molecule has 2 aliphatic rings. The van der Waals surface area contributed by atoms with Gasteiger partial charge in [0.05, 0.1) is 31.9 Å². The molecule has 12 heteroatoms. The predicted octanol–water partition coefficient (Wildman–Crippen LogP) is 1.83. The lowest BCUT2D eigenvalue weighted by molar-refractivity contribution is -0.130. The summed E-state index contributed by atoms with van der Waals surface area (Å²) in [6.07, 6.45) is 4.17. The van der Waals surface area contributed by atoms with E-state index in [-0.39, 0.29) is 44.6 Å². The highest BCUT2D eigenvalue weighted by atomic mass is 32.2. The van der Waals surface area contributed by atoms with E-state index in [1.807, 2.05) is 19.9 Å². The second-order valence-corrected chi connectivity index (χ2v) is 13.9. The molecule has 1 aliphatic heterocycles. The van der Waals surface area contributed by atoms with Crippen LogP contribution in [-0.4, -0.2) is 91.9 Å². The number of morpholine rings is 1. The van der Waals surface area contributed by atoms with Crippen molar-refractivity contribution in [3.05, 3.63) is 48.6 Å². The van der Waals surface area contributed by atoms with Crippen LogP contribution in [-0.2, 0) is 24.5 Å². The standard InChI is InChI=1S/C31H50N4O7S/c1-4-8-26(33-29(37)21-32-43(40,41)35-15-17-42-18-16-35)31(39)34-27(30(38)28(36)19-22(2)3)20-23-11-13-25(14-12-23)24-9-6-5-7-10-24/h4-7,9-10,22-23,25-28,30,32,36,38H,1,8,11-21H2,2-3H3,(H,33,37)(H,34,39)/t23?,25?,26-,27-,28-,30+/m0/s1. The quantitative estimate of drug-likeness (QED) is 0.176. The summed E-state index contributed by atoms with van der Waals surface area (Å²) >= 11 is 0. The Morgan fingerprint density at radius 2 is 1.72 bits per heavy atom. The smallest absolute Gasteiger partial charge is 0.280 e. The minimum absolute atomic E-state index is 0.104. The van der Waals surface area contributed by atoms with Crippen molar-refractivity contribution >= 4 is 22.0 Å². The van der Waals surface area contributed by atoms with Crippen LogP contribution in [0.15, 0.2) is 43.0 Å². The summed E-state index contributed by atoms with van der Waals surface area (Å²) < 4.78 is 33.7. The number of hydrogen-bond donors (Lipinski definition) is 5. The third-order valence-electron chi connectivity index (χ3n) is 8.33. The van der Waals surface area contributed by atoms with Gasteiger partial charge >= 0.3 is 0 Å². The number of amides is 2. The minimum Gasteiger partial charge on any atom is -0.390 e. The number of aliphatic hydroxyl groups excluding tert-OH is 2. The summed E-state index contributed by atoms with van der Waals surface area (Å²) in [6, 6.07) is 8.68. The minimum atomic E-state index is -3.87. The van der Waals surface area contributed by atoms with Gasteiger partial charge in [-0.1, -0.05) is 50.3 Å². The number of nitrogens with one attached hydrogen (secondary N) is 3. The number of aliphatic hydroxyl groups is 2. The second-order valence-electron chi connectivity index (χ2n) is 12.1. The SMILES string of the molecule is C=CC[C@H](NC(=O)CNS(=O)(=O)N1CCOCC1)C(=O)N[C@@H](CC1CCC(c2ccccc2)CC1)[C@@H](O)[C@@H](O)CC(C)C. The molecule has 1 aliphatic carbocycles. The number of rotatable bonds is 16. The Morgan fingerprint density at radius 3 is 2.33 bits per heavy atom. The molecular weight excluding hydrogens is 572 g/mol. The Labute approximate surface area is 256 Å². The highest BCUT2D eigenvalue weighted by Gasteiger charge is 2.34. The summed E-state index contributed by atoms with van der Waals surface area (Å²) in [5.74, 6) is -0.308. The first-order valence-corrected chi connectivity index (χ1v) is 16.9. The zero-order valence-corrected chi connectivity index (χ0v) is 26.3. The monoisotopic (exact) mass is 622 g/mol. The average molecular weight is 623 g/mol. The summed E-state index contributed by atoms with van der Waals surface area (Å²) in [7, 11) is -3.87. The zero-order valence-electron chi connectivity index (χ0n) is 25.5. The second kappa shape index (κ2) is 17.2. The molecule has 1 saturated carbocycles. The van der Waals surface area contributed by atoms with E-state index in [0.717, 1.165) is 25.7 Å². The van der Waals surface area contributed by atoms with Crippen LogP contribution in [0.2, 0.25) is 0 Å². The maximum absolute atomic E-state index is 13.4. The maximum Gasteiger partial charge on any atom is 0.280 e. The maximum atomic E-state index is 13.4. The van der Waals surface area contributed by atoms with Crippen LogP contribution in [0, 0.1) is 11.8 Å². The summed E-state index contributed by atoms with van der Waals surface area (Å²) in [5.41, 5.74) is 1.33. The lowest BCUT2D eigenvalue weighted by Gasteiger charge is -2.35. The van der Waals surface area contributed by atoms with Gasteiger partial charge in [0.25, 0.3) is 10.2 Å². The molecule has 4 atom stereocenters. The van der Waals surface area contributed by atoms with Crippen molar-refractivity contribution in [3.8, 4) is 0 Å². The molecule has 3 rings (SSSR count). The summed E-state index contributed by atoms with van der Waals surface area (Å²) in [6.45, 7) is 8.01. The molecule has 0 bridgehead atoms. The molecule has 1 aromatic rings. The van der Waals surface area contributed by atoms with Gasteiger partial charge in [-0.2, -0.15) is 17.4 Å². The van der Waals surface area contributed by atoms with E-state index in [9.17, 15) is 28.2 Å². The van der Waals surface area contributed by atoms with E-state index in [1.54, 1.807) is 0 Å². The van der Waals surface area contributed by atoms with Gasteiger partial charge in [0, 0.05) is 13.1 Å². The van der Waals surface area contributed by atoms with Crippen LogP contribution in [0.1, 0.15) is 70.3 Å². The van der Waals surface area contributed by atoms with E-state index in [1.165, 1.54) is 15.9 Å². The van der Waals surface area contributed by atoms with E-state index in [4.69, 9.17) is 4.74 Å². The molecule has 0 spiro atoms. The Balaban J connectivity index is 1.62. The van der Waals surface area contributed by atoms with Crippen LogP contribution in [0.3, 0.4) is 0 Å². The fourth-order valence-electron chi connectivity index (χ4n) is 5.95. The number of ether oxygens (including phenoxy) is 1. The first-order valence-electron chi connectivity index (χ1n) is 15.4. The molecule has 0 radical (unpaired) electrons. The normalized spacial score (nSPS) is 22.7. The largest absolute Gasteiger partial charge is 0.390 e. The number of nitrogens with zero attached hydrogens (tertiary/aromatic N) is 1. The number of carbonyl (C=O) groups excluding carboxylic acids is 2. The first kappa shape index (κ1) is 35.1. The molecule has 2 amide bonds. The lowest BCUT2D eigenvalue weighted by atomic mass is 9.76. The van der Waals surface area contributed by atoms with Crippen LogP contribution >= 0.6 is 0 Å². The van der Waals surface area contributed by atoms with Crippen molar-refractivity contribution in [2.75, 3.05) is 32.8 Å². The molecule has 0 unspecified atom stereocenters. The van der Waals surface area contributed by atoms with Gasteiger partial charge in [-0.3, -0.25) is 9.59 Å². The average Bonchev–Trinajstić information content (AvgIpc) is 3.00. The highest BCUT2D eigenvalue weighted by Crippen LogP contribution is 2.38. The topological polar surface area (TPSA) is 157 Å². The summed E-state index contributed by atoms with van der Waals surface area (Å²) in [4.78, 5) is 26.1. The Hall–Kier alpha value is -2.35. The predicted molar refractivity (Wildman–Crippen MR) is 165 cm³/mol. The van der Waals surface area contributed by atoms with E-state index in [0.29, 0.717) is 18.8 Å². The molecule has 1 aromatic carbocycles. The Bertz CT molecular complexity index is 1120. The molecule has 2 fully saturated rings. The van der Waals surface area contributed by atoms with Gasteiger partial charge in [-0.05, 0) is 68.3 Å². The molecule has 0 aromatic heterocycles. The van der Waals surface area contributed by atoms with E-state index in [2.05, 4.69) is 46.2 Å². The van der Waals surface area contributed by atoms with Gasteiger partial charge in [0.1, 0.15) is 12.1 Å². The van der Waals surface area contributed by atoms with E-state index < -0.39 is 52.9 Å². The van der Waals surface area contributed by atoms with Crippen LogP contribution in [0.4, 0.5) is 0 Å². The Morgan fingerprint density at radius 1 is 1.07 bits per heavy atom. The van der Waals surface area contributed by atoms with Crippen molar-refractivity contribution in [2.24, 2.45) is 11.8 Å². The summed E-state index contributed by atoms with van der Waals surface area (Å²) in [5, 5.41) is 27.4. The Kier molecular flexibility index (Phi) is 14.1. The fraction of sp³-hybridized carbons (Fsp3) is 0.677. The third kappa shape index (κ3) is 11.3. The van der Waals surface area contributed by atoms with Crippen molar-refractivity contribution in [1.29, 1.82) is 0 Å². The van der Waals surface area contributed by atoms with Crippen LogP contribution in [0.25, 0.3) is 0 Å². The van der Waals surface area contributed by atoms with Crippen LogP contribution < -0.4 is 15.4 Å². The molecule has 5 N–H and O–H groups in total. The van der Waals surface area contributed by atoms with Crippen LogP contribution in [0.5, 0.6) is 0 Å². The molecule has 1 heterocycles. The van der Waals surface area contributed by atoms with Crippen molar-refractivity contribution in [3.63, 3.8) is 0 Å². The third-order valence-corrected chi connectivity index (χ3v) is 9.89. The fourth-order valence-corrected chi connectivity index (χ4v) is 7.08. The van der Waals surface area contributed by atoms with Gasteiger partial charge in [-0.25, -0.2) is 0 Å². The molecule has 1 saturated heterocycles. The number of benzene rings is 1. The van der Waals surface area contributed by atoms with Crippen molar-refractivity contribution in [2.45, 2.75) is 89.0 Å². The van der Waals surface area contributed by atoms with Gasteiger partial charge < -0.3 is 25.6 Å². The lowest BCUT2D eigenvalue weighted by Crippen LogP contribution is -2.56. The van der Waals surface area contributed by atoms with E-state index >= 15 is 0 Å². The molecular formula is C31H50N4O7S. The number of hydrogen-bond acceptors (Lipinski definition) is 7. The number of carbonyl (C=O) groups is 2. The van der Waals surface area contributed by atoms with Crippen molar-refractivity contribution < 1.29 is 33.0 Å². The van der Waals surface area contributed by atoms with Gasteiger partial charge in [0.2, 0.25) is 11.8 Å². The molecule has 11 nitrogen and oxygen atoms in total. The highest BCUT2D eigenvalue weighted by molar-refractivity contribution is 7.87. The first-order chi connectivity index (χ1) is 20.5. The van der Waals surface area contributed by atoms with Gasteiger partial charge in [-0.15, -0.1) is 6.58 Å². The van der Waals surface area contributed by atoms with Crippen molar-refractivity contribution in [1.82, 2.24) is 19.7 Å². The zero-order chi connectivity index (χ0) is 31.4. The molecule has 43 heavy (non-hydrogen) atoms.